The average molecular weight is 275 g/mol. The first-order valence-electron chi connectivity index (χ1n) is 5.69. The summed E-state index contributed by atoms with van der Waals surface area (Å²) < 4.78 is 39.5. The van der Waals surface area contributed by atoms with Crippen LogP contribution in [0.2, 0.25) is 0 Å². The molecule has 1 N–H and O–H groups in total. The van der Waals surface area contributed by atoms with Crippen molar-refractivity contribution in [2.24, 2.45) is 0 Å². The first-order chi connectivity index (χ1) is 8.58. The van der Waals surface area contributed by atoms with E-state index in [1.807, 2.05) is 20.8 Å². The largest absolute Gasteiger partial charge is 0.440 e. The van der Waals surface area contributed by atoms with Gasteiger partial charge in [0.05, 0.1) is 0 Å². The molecule has 0 saturated carbocycles. The van der Waals surface area contributed by atoms with Crippen LogP contribution in [0.5, 0.6) is 0 Å². The Labute approximate surface area is 109 Å². The molecule has 0 aliphatic heterocycles. The number of nitrogens with one attached hydrogen (secondary N) is 1. The summed E-state index contributed by atoms with van der Waals surface area (Å²) >= 11 is 0. The maximum absolute atomic E-state index is 11.8. The predicted octanol–water partition coefficient (Wildman–Crippen LogP) is 4.09. The van der Waals surface area contributed by atoms with Gasteiger partial charge in [-0.05, 0) is 23.1 Å². The van der Waals surface area contributed by atoms with Gasteiger partial charge in [-0.15, -0.1) is 0 Å². The van der Waals surface area contributed by atoms with Crippen LogP contribution in [-0.4, -0.2) is 18.9 Å². The summed E-state index contributed by atoms with van der Waals surface area (Å²) in [6.07, 6.45) is -5.64. The summed E-state index contributed by atoms with van der Waals surface area (Å²) in [7, 11) is 0. The molecule has 0 heterocycles. The normalized spacial score (nSPS) is 12.1. The number of carbonyl (C=O) groups is 1. The minimum atomic E-state index is -4.52. The van der Waals surface area contributed by atoms with Crippen LogP contribution in [0.1, 0.15) is 26.3 Å². The summed E-state index contributed by atoms with van der Waals surface area (Å²) in [5.41, 5.74) is 1.41. The molecule has 3 nitrogen and oxygen atoms in total. The molecule has 0 radical (unpaired) electrons. The van der Waals surface area contributed by atoms with Gasteiger partial charge in [0.1, 0.15) is 0 Å². The summed E-state index contributed by atoms with van der Waals surface area (Å²) in [4.78, 5) is 11.1. The monoisotopic (exact) mass is 275 g/mol. The van der Waals surface area contributed by atoms with Gasteiger partial charge in [-0.1, -0.05) is 32.9 Å². The molecule has 0 aliphatic carbocycles. The highest BCUT2D eigenvalue weighted by Gasteiger charge is 2.29. The van der Waals surface area contributed by atoms with Crippen LogP contribution in [0.3, 0.4) is 0 Å². The fourth-order valence-corrected chi connectivity index (χ4v) is 1.35. The fraction of sp³-hybridized carbons (Fsp3) is 0.462. The molecule has 106 valence electrons. The molecule has 1 rings (SSSR count). The minimum Gasteiger partial charge on any atom is -0.440 e. The van der Waals surface area contributed by atoms with E-state index in [1.165, 1.54) is 0 Å². The molecular weight excluding hydrogens is 259 g/mol. The van der Waals surface area contributed by atoms with Crippen LogP contribution in [0.4, 0.5) is 23.7 Å². The minimum absolute atomic E-state index is 0.0324. The molecule has 0 unspecified atom stereocenters. The van der Waals surface area contributed by atoms with Crippen LogP contribution in [0.15, 0.2) is 24.3 Å². The molecule has 0 aliphatic rings. The second-order valence-electron chi connectivity index (χ2n) is 5.14. The Balaban J connectivity index is 2.56. The highest BCUT2D eigenvalue weighted by atomic mass is 19.4. The van der Waals surface area contributed by atoms with Crippen molar-refractivity contribution in [2.75, 3.05) is 11.9 Å². The molecule has 0 saturated heterocycles. The molecule has 0 aromatic heterocycles. The van der Waals surface area contributed by atoms with Crippen molar-refractivity contribution >= 4 is 11.8 Å². The zero-order chi connectivity index (χ0) is 14.7. The number of carbonyl (C=O) groups excluding carboxylic acids is 1. The number of hydrogen-bond acceptors (Lipinski definition) is 2. The zero-order valence-corrected chi connectivity index (χ0v) is 11.0. The topological polar surface area (TPSA) is 38.3 Å². The van der Waals surface area contributed by atoms with Gasteiger partial charge in [-0.2, -0.15) is 13.2 Å². The van der Waals surface area contributed by atoms with Crippen molar-refractivity contribution in [1.29, 1.82) is 0 Å². The molecule has 0 fully saturated rings. The molecule has 19 heavy (non-hydrogen) atoms. The first kappa shape index (κ1) is 15.3. The number of benzene rings is 1. The third kappa shape index (κ3) is 5.63. The molecule has 1 aromatic carbocycles. The lowest BCUT2D eigenvalue weighted by Gasteiger charge is -2.19. The molecular formula is C13H16F3NO2. The summed E-state index contributed by atoms with van der Waals surface area (Å²) in [6.45, 7) is 4.51. The van der Waals surface area contributed by atoms with Gasteiger partial charge in [0, 0.05) is 5.69 Å². The van der Waals surface area contributed by atoms with E-state index >= 15 is 0 Å². The van der Waals surface area contributed by atoms with Crippen LogP contribution in [-0.2, 0) is 10.2 Å². The number of halogens is 3. The predicted molar refractivity (Wildman–Crippen MR) is 66.2 cm³/mol. The van der Waals surface area contributed by atoms with Crippen molar-refractivity contribution in [3.05, 3.63) is 29.8 Å². The number of amides is 1. The molecule has 6 heteroatoms. The Morgan fingerprint density at radius 1 is 1.16 bits per heavy atom. The first-order valence-corrected chi connectivity index (χ1v) is 5.69. The Bertz CT molecular complexity index is 433. The third-order valence-corrected chi connectivity index (χ3v) is 2.36. The lowest BCUT2D eigenvalue weighted by Crippen LogP contribution is -2.23. The average Bonchev–Trinajstić information content (AvgIpc) is 2.25. The van der Waals surface area contributed by atoms with E-state index in [0.29, 0.717) is 5.69 Å². The number of ether oxygens (including phenoxy) is 1. The van der Waals surface area contributed by atoms with Crippen molar-refractivity contribution in [1.82, 2.24) is 0 Å². The van der Waals surface area contributed by atoms with Crippen LogP contribution in [0.25, 0.3) is 0 Å². The Hall–Kier alpha value is -1.72. The number of hydrogen-bond donors (Lipinski definition) is 1. The van der Waals surface area contributed by atoms with E-state index in [-0.39, 0.29) is 5.41 Å². The SMILES string of the molecule is CC(C)(C)c1ccc(NC(=O)OCC(F)(F)F)cc1. The van der Waals surface area contributed by atoms with E-state index in [0.717, 1.165) is 5.56 Å². The summed E-state index contributed by atoms with van der Waals surface area (Å²) in [6, 6.07) is 6.85. The van der Waals surface area contributed by atoms with E-state index in [2.05, 4.69) is 10.1 Å². The number of alkyl halides is 3. The Kier molecular flexibility index (Phi) is 4.44. The van der Waals surface area contributed by atoms with Crippen molar-refractivity contribution in [3.63, 3.8) is 0 Å². The second-order valence-corrected chi connectivity index (χ2v) is 5.14. The van der Waals surface area contributed by atoms with Gasteiger partial charge >= 0.3 is 12.3 Å². The van der Waals surface area contributed by atoms with Crippen LogP contribution >= 0.6 is 0 Å². The van der Waals surface area contributed by atoms with E-state index in [9.17, 15) is 18.0 Å². The van der Waals surface area contributed by atoms with Crippen molar-refractivity contribution in [2.45, 2.75) is 32.4 Å². The molecule has 1 amide bonds. The zero-order valence-electron chi connectivity index (χ0n) is 11.0. The van der Waals surface area contributed by atoms with E-state index in [1.54, 1.807) is 24.3 Å². The highest BCUT2D eigenvalue weighted by Crippen LogP contribution is 2.23. The van der Waals surface area contributed by atoms with Gasteiger partial charge in [-0.3, -0.25) is 5.32 Å². The van der Waals surface area contributed by atoms with Gasteiger partial charge in [0.2, 0.25) is 0 Å². The number of rotatable bonds is 2. The molecule has 1 aromatic rings. The van der Waals surface area contributed by atoms with Crippen molar-refractivity contribution < 1.29 is 22.7 Å². The van der Waals surface area contributed by atoms with Gasteiger partial charge in [0.15, 0.2) is 6.61 Å². The smallest absolute Gasteiger partial charge is 0.422 e. The standard InChI is InChI=1S/C13H16F3NO2/c1-12(2,3)9-4-6-10(7-5-9)17-11(18)19-8-13(14,15)16/h4-7H,8H2,1-3H3,(H,17,18). The second kappa shape index (κ2) is 5.50. The summed E-state index contributed by atoms with van der Waals surface area (Å²) in [5, 5.41) is 2.23. The van der Waals surface area contributed by atoms with Crippen LogP contribution < -0.4 is 5.32 Å². The fourth-order valence-electron chi connectivity index (χ4n) is 1.35. The quantitative estimate of drug-likeness (QED) is 0.882. The van der Waals surface area contributed by atoms with Gasteiger partial charge in [0.25, 0.3) is 0 Å². The van der Waals surface area contributed by atoms with Gasteiger partial charge < -0.3 is 4.74 Å². The lowest BCUT2D eigenvalue weighted by atomic mass is 9.87. The molecule has 0 spiro atoms. The maximum atomic E-state index is 11.8. The van der Waals surface area contributed by atoms with E-state index in [4.69, 9.17) is 0 Å². The molecule has 0 bridgehead atoms. The maximum Gasteiger partial charge on any atom is 0.422 e. The number of anilines is 1. The van der Waals surface area contributed by atoms with Gasteiger partial charge in [-0.25, -0.2) is 4.79 Å². The Morgan fingerprint density at radius 2 is 1.68 bits per heavy atom. The third-order valence-electron chi connectivity index (χ3n) is 2.36. The Morgan fingerprint density at radius 3 is 2.11 bits per heavy atom. The van der Waals surface area contributed by atoms with E-state index < -0.39 is 18.9 Å². The highest BCUT2D eigenvalue weighted by molar-refractivity contribution is 5.84. The molecule has 0 atom stereocenters. The van der Waals surface area contributed by atoms with Crippen molar-refractivity contribution in [3.8, 4) is 0 Å². The van der Waals surface area contributed by atoms with Crippen LogP contribution in [0, 0.1) is 0 Å². The summed E-state index contributed by atoms with van der Waals surface area (Å²) in [5.74, 6) is 0. The lowest BCUT2D eigenvalue weighted by molar-refractivity contribution is -0.159.